The quantitative estimate of drug-likeness (QED) is 0.0211. The molecule has 0 aliphatic carbocycles. The maximum absolute atomic E-state index is 12.9. The molecule has 98 heavy (non-hydrogen) atoms. The van der Waals surface area contributed by atoms with Crippen molar-refractivity contribution in [2.45, 2.75) is 315 Å². The van der Waals surface area contributed by atoms with Crippen LogP contribution in [0.4, 0.5) is 0 Å². The third-order valence-electron chi connectivity index (χ3n) is 16.4. The molecule has 10 heteroatoms. The Bertz CT molecular complexity index is 2320. The molecule has 0 aromatic heterocycles. The molecule has 0 heterocycles. The van der Waals surface area contributed by atoms with Crippen molar-refractivity contribution in [3.63, 3.8) is 0 Å². The summed E-state index contributed by atoms with van der Waals surface area (Å²) < 4.78 is 34.8. The summed E-state index contributed by atoms with van der Waals surface area (Å²) in [5, 5.41) is 0. The Hall–Kier alpha value is -4.89. The summed E-state index contributed by atoms with van der Waals surface area (Å²) in [5.74, 6) is -0.811. The smallest absolute Gasteiger partial charge is 0.462 e. The Labute approximate surface area is 603 Å². The minimum Gasteiger partial charge on any atom is -0.462 e. The Kier molecular flexibility index (Phi) is 72.5. The Morgan fingerprint density at radius 3 is 0.816 bits per heavy atom. The monoisotopic (exact) mass is 1380 g/mol. The Morgan fingerprint density at radius 2 is 0.551 bits per heavy atom. The van der Waals surface area contributed by atoms with Crippen molar-refractivity contribution in [3.8, 4) is 0 Å². The van der Waals surface area contributed by atoms with Crippen LogP contribution in [-0.2, 0) is 32.7 Å². The predicted molar refractivity (Wildman–Crippen MR) is 426 cm³/mol. The largest absolute Gasteiger partial charge is 0.472 e. The number of quaternary nitrogens is 1. The van der Waals surface area contributed by atoms with Gasteiger partial charge in [-0.05, 0) is 135 Å². The molecule has 2 unspecified atom stereocenters. The van der Waals surface area contributed by atoms with E-state index in [-0.39, 0.29) is 32.0 Å². The molecule has 556 valence electrons. The van der Waals surface area contributed by atoms with Crippen LogP contribution in [0.25, 0.3) is 0 Å². The highest BCUT2D eigenvalue weighted by Gasteiger charge is 2.27. The molecule has 0 bridgehead atoms. The summed E-state index contributed by atoms with van der Waals surface area (Å²) in [6, 6.07) is 0. The van der Waals surface area contributed by atoms with Gasteiger partial charge in [-0.3, -0.25) is 18.6 Å². The van der Waals surface area contributed by atoms with Gasteiger partial charge in [-0.1, -0.05) is 344 Å². The van der Waals surface area contributed by atoms with E-state index >= 15 is 0 Å². The van der Waals surface area contributed by atoms with Crippen LogP contribution in [0.1, 0.15) is 309 Å². The fourth-order valence-corrected chi connectivity index (χ4v) is 11.2. The molecular weight excluding hydrogens is 1230 g/mol. The van der Waals surface area contributed by atoms with E-state index in [1.807, 2.05) is 21.1 Å². The van der Waals surface area contributed by atoms with Gasteiger partial charge in [0.25, 0.3) is 0 Å². The highest BCUT2D eigenvalue weighted by Crippen LogP contribution is 2.43. The molecular formula is C88H147NO8P+. The van der Waals surface area contributed by atoms with E-state index in [2.05, 4.69) is 196 Å². The number of hydrogen-bond donors (Lipinski definition) is 1. The summed E-state index contributed by atoms with van der Waals surface area (Å²) in [4.78, 5) is 36.0. The standard InChI is InChI=1S/C88H146NO8P/c1-6-8-10-12-14-16-18-20-22-24-26-28-30-32-34-36-38-40-42-43-44-45-47-48-50-52-54-56-58-60-62-64-66-68-70-72-74-76-78-80-87(90)94-84-86(85-96-98(92,93)95-83-82-89(3,4)5)97-88(91)81-79-77-75-73-71-69-67-65-63-61-59-57-55-53-51-49-46-41-39-37-35-33-31-29-27-25-23-21-19-17-15-13-11-9-7-2/h8-11,14-17,20-23,26-29,32-35,38-41,49,51,55,57,61,63,86H,6-7,12-13,18-19,24-25,30-31,36-37,42-48,50,52-54,56,58-60,62,64-85H2,1-5H3/p+1/b10-8-,11-9-,16-14-,17-15-,22-20-,23-21-,28-26-,29-27-,34-32-,35-33-,40-38-,41-39-,51-49-,57-55-,63-61-. The molecule has 0 aromatic rings. The molecule has 0 saturated heterocycles. The number of allylic oxidation sites excluding steroid dienone is 30. The van der Waals surface area contributed by atoms with Crippen LogP contribution in [0.15, 0.2) is 182 Å². The van der Waals surface area contributed by atoms with Gasteiger partial charge in [0.15, 0.2) is 6.10 Å². The molecule has 0 amide bonds. The summed E-state index contributed by atoms with van der Waals surface area (Å²) in [7, 11) is 1.46. The van der Waals surface area contributed by atoms with E-state index in [0.29, 0.717) is 17.4 Å². The van der Waals surface area contributed by atoms with Crippen molar-refractivity contribution in [3.05, 3.63) is 182 Å². The van der Waals surface area contributed by atoms with Crippen molar-refractivity contribution < 1.29 is 42.1 Å². The normalized spacial score (nSPS) is 14.1. The van der Waals surface area contributed by atoms with E-state index in [0.717, 1.165) is 141 Å². The summed E-state index contributed by atoms with van der Waals surface area (Å²) >= 11 is 0. The fourth-order valence-electron chi connectivity index (χ4n) is 10.5. The van der Waals surface area contributed by atoms with E-state index in [9.17, 15) is 19.0 Å². The van der Waals surface area contributed by atoms with Crippen molar-refractivity contribution in [2.75, 3.05) is 47.5 Å². The van der Waals surface area contributed by atoms with Crippen molar-refractivity contribution in [1.29, 1.82) is 0 Å². The average molecular weight is 1380 g/mol. The number of hydrogen-bond acceptors (Lipinski definition) is 7. The molecule has 2 atom stereocenters. The minimum atomic E-state index is -4.41. The van der Waals surface area contributed by atoms with E-state index in [4.69, 9.17) is 18.5 Å². The number of unbranched alkanes of at least 4 members (excludes halogenated alkanes) is 27. The van der Waals surface area contributed by atoms with Crippen molar-refractivity contribution in [2.24, 2.45) is 0 Å². The number of likely N-dealkylation sites (N-methyl/N-ethyl adjacent to an activating group) is 1. The zero-order valence-electron chi connectivity index (χ0n) is 63.5. The molecule has 0 rings (SSSR count). The van der Waals surface area contributed by atoms with E-state index < -0.39 is 26.5 Å². The second-order valence-electron chi connectivity index (χ2n) is 27.0. The summed E-state index contributed by atoms with van der Waals surface area (Å²) in [5.41, 5.74) is 0. The first-order valence-electron chi connectivity index (χ1n) is 39.5. The molecule has 1 N–H and O–H groups in total. The van der Waals surface area contributed by atoms with E-state index in [1.54, 1.807) is 0 Å². The van der Waals surface area contributed by atoms with Gasteiger partial charge in [0.1, 0.15) is 19.8 Å². The first-order valence-corrected chi connectivity index (χ1v) is 41.0. The number of nitrogens with zero attached hydrogens (tertiary/aromatic N) is 1. The van der Waals surface area contributed by atoms with Crippen molar-refractivity contribution >= 4 is 19.8 Å². The number of rotatable bonds is 71. The van der Waals surface area contributed by atoms with Gasteiger partial charge >= 0.3 is 19.8 Å². The lowest BCUT2D eigenvalue weighted by molar-refractivity contribution is -0.870. The van der Waals surface area contributed by atoms with Gasteiger partial charge in [-0.25, -0.2) is 4.57 Å². The summed E-state index contributed by atoms with van der Waals surface area (Å²) in [6.07, 6.45) is 117. The molecule has 0 aliphatic heterocycles. The average Bonchev–Trinajstić information content (AvgIpc) is 1.08. The molecule has 0 aromatic carbocycles. The maximum atomic E-state index is 12.9. The van der Waals surface area contributed by atoms with E-state index in [1.165, 1.54) is 135 Å². The van der Waals surface area contributed by atoms with Crippen LogP contribution in [0.3, 0.4) is 0 Å². The van der Waals surface area contributed by atoms with Gasteiger partial charge in [-0.15, -0.1) is 0 Å². The van der Waals surface area contributed by atoms with Crippen LogP contribution in [0.2, 0.25) is 0 Å². The number of esters is 2. The van der Waals surface area contributed by atoms with Crippen LogP contribution in [0, 0.1) is 0 Å². The third kappa shape index (κ3) is 80.1. The first-order chi connectivity index (χ1) is 48.0. The highest BCUT2D eigenvalue weighted by molar-refractivity contribution is 7.47. The van der Waals surface area contributed by atoms with Crippen LogP contribution >= 0.6 is 7.82 Å². The Morgan fingerprint density at radius 1 is 0.316 bits per heavy atom. The molecule has 0 radical (unpaired) electrons. The topological polar surface area (TPSA) is 108 Å². The maximum Gasteiger partial charge on any atom is 0.472 e. The van der Waals surface area contributed by atoms with Crippen LogP contribution in [0.5, 0.6) is 0 Å². The second kappa shape index (κ2) is 76.3. The lowest BCUT2D eigenvalue weighted by Crippen LogP contribution is -2.37. The van der Waals surface area contributed by atoms with Crippen LogP contribution < -0.4 is 0 Å². The molecule has 0 saturated carbocycles. The SMILES string of the molecule is CC/C=C\C/C=C\C/C=C\C/C=C\C/C=C\C/C=C\C/C=C\C/C=C\C/C=C\CCCCCCCCCC(=O)OC(COC(=O)CCCCCCCCCCCCCCCCCCCCCC/C=C\C/C=C\C/C=C\C/C=C\C/C=C\C/C=C\CC)COP(=O)(O)OCC[N+](C)(C)C. The number of carbonyl (C=O) groups excluding carboxylic acids is 2. The van der Waals surface area contributed by atoms with Crippen molar-refractivity contribution in [1.82, 2.24) is 0 Å². The molecule has 9 nitrogen and oxygen atoms in total. The van der Waals surface area contributed by atoms with Gasteiger partial charge < -0.3 is 18.9 Å². The van der Waals surface area contributed by atoms with Gasteiger partial charge in [-0.2, -0.15) is 0 Å². The zero-order valence-corrected chi connectivity index (χ0v) is 64.3. The lowest BCUT2D eigenvalue weighted by Gasteiger charge is -2.24. The fraction of sp³-hybridized carbons (Fsp3) is 0.636. The zero-order chi connectivity index (χ0) is 71.1. The van der Waals surface area contributed by atoms with Crippen LogP contribution in [-0.4, -0.2) is 74.9 Å². The third-order valence-corrected chi connectivity index (χ3v) is 17.4. The first kappa shape index (κ1) is 93.1. The number of phosphoric ester groups is 1. The van der Waals surface area contributed by atoms with Gasteiger partial charge in [0.2, 0.25) is 0 Å². The highest BCUT2D eigenvalue weighted by atomic mass is 31.2. The minimum absolute atomic E-state index is 0.0220. The van der Waals surface area contributed by atoms with Gasteiger partial charge in [0, 0.05) is 12.8 Å². The lowest BCUT2D eigenvalue weighted by atomic mass is 10.0. The predicted octanol–water partition coefficient (Wildman–Crippen LogP) is 26.6. The number of carbonyl (C=O) groups is 2. The van der Waals surface area contributed by atoms with Gasteiger partial charge in [0.05, 0.1) is 27.7 Å². The molecule has 0 fully saturated rings. The number of phosphoric acid groups is 1. The molecule has 0 spiro atoms. The number of ether oxygens (including phenoxy) is 2. The second-order valence-corrected chi connectivity index (χ2v) is 28.4. The molecule has 0 aliphatic rings. The summed E-state index contributed by atoms with van der Waals surface area (Å²) in [6.45, 7) is 4.20. The Balaban J connectivity index is 4.04.